The smallest absolute Gasteiger partial charge is 0.361 e. The number of nitrogen functional groups attached to an aromatic ring is 1. The fourth-order valence-electron chi connectivity index (χ4n) is 2.32. The highest BCUT2D eigenvalue weighted by atomic mass is 16.4. The van der Waals surface area contributed by atoms with Crippen LogP contribution in [0.1, 0.15) is 13.8 Å². The molecule has 0 fully saturated rings. The zero-order chi connectivity index (χ0) is 14.5. The first kappa shape index (κ1) is 14.4. The van der Waals surface area contributed by atoms with E-state index in [9.17, 15) is 4.79 Å². The zero-order valence-electron chi connectivity index (χ0n) is 12.0. The molecule has 0 saturated carbocycles. The molecule has 108 valence electrons. The van der Waals surface area contributed by atoms with Crippen LogP contribution in [-0.2, 0) is 0 Å². The lowest BCUT2D eigenvalue weighted by molar-refractivity contribution is -0.894. The predicted octanol–water partition coefficient (Wildman–Crippen LogP) is 0.712. The molecule has 1 heterocycles. The van der Waals surface area contributed by atoms with Gasteiger partial charge in [-0.3, -0.25) is 0 Å². The van der Waals surface area contributed by atoms with E-state index in [1.807, 2.05) is 18.2 Å². The Morgan fingerprint density at radius 2 is 1.95 bits per heavy atom. The zero-order valence-corrected chi connectivity index (χ0v) is 12.0. The van der Waals surface area contributed by atoms with Gasteiger partial charge >= 0.3 is 5.63 Å². The molecule has 0 atom stereocenters. The molecule has 0 spiro atoms. The highest BCUT2D eigenvalue weighted by molar-refractivity contribution is 5.95. The normalized spacial score (nSPS) is 11.2. The minimum atomic E-state index is -0.485. The standard InChI is InChI=1S/C15H21N3O2/c1-3-18(4-2)10-9-17-14-11-7-5-6-8-12(11)20-15(19)13(14)16/h5-8,17H,3-4,9-10,16H2,1-2H3/p+1. The minimum Gasteiger partial charge on any atom is -0.421 e. The summed E-state index contributed by atoms with van der Waals surface area (Å²) in [5.41, 5.74) is 6.76. The van der Waals surface area contributed by atoms with Gasteiger partial charge in [0, 0.05) is 5.39 Å². The van der Waals surface area contributed by atoms with E-state index in [4.69, 9.17) is 10.2 Å². The van der Waals surface area contributed by atoms with Crippen LogP contribution in [0.25, 0.3) is 11.0 Å². The molecule has 2 aromatic rings. The Balaban J connectivity index is 2.24. The largest absolute Gasteiger partial charge is 0.421 e. The summed E-state index contributed by atoms with van der Waals surface area (Å²) in [6, 6.07) is 7.42. The Morgan fingerprint density at radius 3 is 2.65 bits per heavy atom. The summed E-state index contributed by atoms with van der Waals surface area (Å²) >= 11 is 0. The van der Waals surface area contributed by atoms with Crippen molar-refractivity contribution in [1.29, 1.82) is 0 Å². The predicted molar refractivity (Wildman–Crippen MR) is 82.3 cm³/mol. The van der Waals surface area contributed by atoms with Gasteiger partial charge in [-0.25, -0.2) is 4.79 Å². The fraction of sp³-hybridized carbons (Fsp3) is 0.400. The molecule has 0 bridgehead atoms. The number of hydrogen-bond donors (Lipinski definition) is 3. The SMILES string of the molecule is CC[NH+](CC)CCNc1c(N)c(=O)oc2ccccc12. The highest BCUT2D eigenvalue weighted by Crippen LogP contribution is 2.25. The van der Waals surface area contributed by atoms with Gasteiger partial charge in [-0.2, -0.15) is 0 Å². The second-order valence-electron chi connectivity index (χ2n) is 4.81. The Bertz CT molecular complexity index is 633. The third kappa shape index (κ3) is 2.93. The Hall–Kier alpha value is -2.01. The summed E-state index contributed by atoms with van der Waals surface area (Å²) in [4.78, 5) is 13.2. The van der Waals surface area contributed by atoms with Crippen LogP contribution in [0.5, 0.6) is 0 Å². The van der Waals surface area contributed by atoms with Crippen molar-refractivity contribution in [1.82, 2.24) is 0 Å². The van der Waals surface area contributed by atoms with E-state index >= 15 is 0 Å². The molecule has 0 saturated heterocycles. The van der Waals surface area contributed by atoms with Crippen LogP contribution in [0.3, 0.4) is 0 Å². The third-order valence-electron chi connectivity index (χ3n) is 3.63. The molecule has 2 rings (SSSR count). The highest BCUT2D eigenvalue weighted by Gasteiger charge is 2.11. The molecule has 1 aromatic carbocycles. The number of rotatable bonds is 6. The monoisotopic (exact) mass is 276 g/mol. The molecule has 0 aliphatic heterocycles. The molecule has 1 aromatic heterocycles. The van der Waals surface area contributed by atoms with Crippen LogP contribution in [0.4, 0.5) is 11.4 Å². The Labute approximate surface area is 118 Å². The second-order valence-corrected chi connectivity index (χ2v) is 4.81. The van der Waals surface area contributed by atoms with Gasteiger partial charge < -0.3 is 20.4 Å². The van der Waals surface area contributed by atoms with E-state index in [0.29, 0.717) is 11.3 Å². The van der Waals surface area contributed by atoms with Crippen molar-refractivity contribution >= 4 is 22.3 Å². The average molecular weight is 276 g/mol. The molecule has 0 radical (unpaired) electrons. The maximum absolute atomic E-state index is 11.7. The first-order chi connectivity index (χ1) is 9.67. The minimum absolute atomic E-state index is 0.151. The summed E-state index contributed by atoms with van der Waals surface area (Å²) < 4.78 is 5.18. The molecular formula is C15H22N3O2+. The van der Waals surface area contributed by atoms with Gasteiger partial charge in [0.2, 0.25) is 0 Å². The van der Waals surface area contributed by atoms with Gasteiger partial charge in [-0.05, 0) is 26.0 Å². The lowest BCUT2D eigenvalue weighted by Crippen LogP contribution is -3.12. The number of nitrogens with two attached hydrogens (primary N) is 1. The molecule has 0 aliphatic rings. The Morgan fingerprint density at radius 1 is 1.25 bits per heavy atom. The van der Waals surface area contributed by atoms with Crippen LogP contribution in [0.15, 0.2) is 33.5 Å². The van der Waals surface area contributed by atoms with Gasteiger partial charge in [0.1, 0.15) is 11.3 Å². The molecule has 0 unspecified atom stereocenters. The number of benzene rings is 1. The topological polar surface area (TPSA) is 72.7 Å². The summed E-state index contributed by atoms with van der Waals surface area (Å²) in [5, 5.41) is 4.14. The van der Waals surface area contributed by atoms with Crippen molar-refractivity contribution in [3.05, 3.63) is 34.7 Å². The molecular weight excluding hydrogens is 254 g/mol. The van der Waals surface area contributed by atoms with E-state index in [2.05, 4.69) is 19.2 Å². The lowest BCUT2D eigenvalue weighted by Gasteiger charge is -2.17. The van der Waals surface area contributed by atoms with Crippen molar-refractivity contribution in [2.24, 2.45) is 0 Å². The van der Waals surface area contributed by atoms with Crippen molar-refractivity contribution in [2.45, 2.75) is 13.8 Å². The average Bonchev–Trinajstić information content (AvgIpc) is 2.47. The summed E-state index contributed by atoms with van der Waals surface area (Å²) in [6.07, 6.45) is 0. The van der Waals surface area contributed by atoms with E-state index in [0.717, 1.165) is 31.6 Å². The molecule has 4 N–H and O–H groups in total. The van der Waals surface area contributed by atoms with Crippen molar-refractivity contribution in [2.75, 3.05) is 37.2 Å². The number of hydrogen-bond acceptors (Lipinski definition) is 4. The van der Waals surface area contributed by atoms with Crippen molar-refractivity contribution in [3.8, 4) is 0 Å². The maximum atomic E-state index is 11.7. The summed E-state index contributed by atoms with van der Waals surface area (Å²) in [6.45, 7) is 8.27. The first-order valence-corrected chi connectivity index (χ1v) is 7.06. The molecule has 0 aliphatic carbocycles. The maximum Gasteiger partial charge on any atom is 0.361 e. The number of fused-ring (bicyclic) bond motifs is 1. The molecule has 0 amide bonds. The summed E-state index contributed by atoms with van der Waals surface area (Å²) in [5.74, 6) is 0. The summed E-state index contributed by atoms with van der Waals surface area (Å²) in [7, 11) is 0. The fourth-order valence-corrected chi connectivity index (χ4v) is 2.32. The number of quaternary nitrogens is 1. The quantitative estimate of drug-likeness (QED) is 0.680. The number of likely N-dealkylation sites (N-methyl/N-ethyl adjacent to an activating group) is 1. The lowest BCUT2D eigenvalue weighted by atomic mass is 10.2. The van der Waals surface area contributed by atoms with Gasteiger partial charge in [0.25, 0.3) is 0 Å². The first-order valence-electron chi connectivity index (χ1n) is 7.06. The van der Waals surface area contributed by atoms with Crippen LogP contribution in [-0.4, -0.2) is 26.2 Å². The van der Waals surface area contributed by atoms with Crippen molar-refractivity contribution < 1.29 is 9.32 Å². The number of nitrogens with one attached hydrogen (secondary N) is 2. The van der Waals surface area contributed by atoms with Gasteiger partial charge in [-0.15, -0.1) is 0 Å². The van der Waals surface area contributed by atoms with Gasteiger partial charge in [-0.1, -0.05) is 12.1 Å². The Kier molecular flexibility index (Phi) is 4.63. The van der Waals surface area contributed by atoms with Crippen LogP contribution >= 0.6 is 0 Å². The molecule has 5 heteroatoms. The molecule has 20 heavy (non-hydrogen) atoms. The van der Waals surface area contributed by atoms with Gasteiger partial charge in [0.05, 0.1) is 31.9 Å². The molecule has 5 nitrogen and oxygen atoms in total. The second kappa shape index (κ2) is 6.43. The van der Waals surface area contributed by atoms with Crippen LogP contribution in [0, 0.1) is 0 Å². The number of para-hydroxylation sites is 1. The van der Waals surface area contributed by atoms with E-state index < -0.39 is 5.63 Å². The van der Waals surface area contributed by atoms with Crippen molar-refractivity contribution in [3.63, 3.8) is 0 Å². The number of anilines is 2. The van der Waals surface area contributed by atoms with E-state index in [-0.39, 0.29) is 5.69 Å². The van der Waals surface area contributed by atoms with E-state index in [1.165, 1.54) is 4.90 Å². The van der Waals surface area contributed by atoms with Gasteiger partial charge in [0.15, 0.2) is 0 Å². The van der Waals surface area contributed by atoms with Crippen LogP contribution < -0.4 is 21.6 Å². The third-order valence-corrected chi connectivity index (χ3v) is 3.63. The van der Waals surface area contributed by atoms with Crippen LogP contribution in [0.2, 0.25) is 0 Å². The van der Waals surface area contributed by atoms with E-state index in [1.54, 1.807) is 6.07 Å².